The summed E-state index contributed by atoms with van der Waals surface area (Å²) in [5, 5.41) is 15.4. The summed E-state index contributed by atoms with van der Waals surface area (Å²) in [6, 6.07) is 0. The predicted octanol–water partition coefficient (Wildman–Crippen LogP) is 4.43. The molecule has 2 aliphatic rings. The summed E-state index contributed by atoms with van der Waals surface area (Å²) in [6.07, 6.45) is 11.3. The lowest BCUT2D eigenvalue weighted by Crippen LogP contribution is -2.50. The first-order valence-corrected chi connectivity index (χ1v) is 14.8. The van der Waals surface area contributed by atoms with Crippen LogP contribution in [-0.4, -0.2) is 57.2 Å². The number of ether oxygens (including phenoxy) is 4. The summed E-state index contributed by atoms with van der Waals surface area (Å²) < 4.78 is 31.3. The third-order valence-corrected chi connectivity index (χ3v) is 7.77. The van der Waals surface area contributed by atoms with E-state index in [1.165, 1.54) is 12.5 Å². The number of cyclic esters (lactones) is 4. The molecule has 0 aliphatic carbocycles. The minimum Gasteiger partial charge on any atom is -0.418 e. The van der Waals surface area contributed by atoms with Crippen LogP contribution in [0.1, 0.15) is 78.4 Å². The second-order valence-electron chi connectivity index (χ2n) is 10.6. The number of aromatic nitrogens is 2. The highest BCUT2D eigenvalue weighted by atomic mass is 16.8. The number of nitrogens with zero attached hydrogens (tertiary/aromatic N) is 4. The van der Waals surface area contributed by atoms with Crippen LogP contribution in [0.15, 0.2) is 43.9 Å². The summed E-state index contributed by atoms with van der Waals surface area (Å²) in [4.78, 5) is 49.6. The molecule has 2 saturated heterocycles. The number of allylic oxidation sites excluding steroid dienone is 2. The van der Waals surface area contributed by atoms with E-state index in [2.05, 4.69) is 31.4 Å². The van der Waals surface area contributed by atoms with Crippen molar-refractivity contribution in [2.45, 2.75) is 78.8 Å². The van der Waals surface area contributed by atoms with Crippen molar-refractivity contribution in [2.75, 3.05) is 10.9 Å². The van der Waals surface area contributed by atoms with Gasteiger partial charge in [0.1, 0.15) is 12.5 Å². The maximum atomic E-state index is 12.4. The highest BCUT2D eigenvalue weighted by Crippen LogP contribution is 2.28. The van der Waals surface area contributed by atoms with Crippen LogP contribution in [-0.2, 0) is 38.1 Å². The summed E-state index contributed by atoms with van der Waals surface area (Å²) in [5.74, 6) is -5.82. The largest absolute Gasteiger partial charge is 0.418 e. The van der Waals surface area contributed by atoms with E-state index in [9.17, 15) is 19.2 Å². The summed E-state index contributed by atoms with van der Waals surface area (Å²) in [5.41, 5.74) is 5.08. The number of carbonyl (C=O) groups is 4. The van der Waals surface area contributed by atoms with E-state index in [1.54, 1.807) is 39.8 Å². The van der Waals surface area contributed by atoms with E-state index < -0.39 is 46.9 Å². The van der Waals surface area contributed by atoms with Crippen molar-refractivity contribution in [3.8, 4) is 0 Å². The molecule has 16 nitrogen and oxygen atoms in total. The fourth-order valence-electron chi connectivity index (χ4n) is 4.31. The van der Waals surface area contributed by atoms with E-state index in [-0.39, 0.29) is 23.5 Å². The SMILES string of the molecule is CCC1(CC)OC(=O)C(=NNc2nocc2/C=C\C(C)C(C)/C=C\c2conc2NN=C2C(=O)OC(CC)(CC)OC2=O)C(=O)O1. The molecule has 4 heterocycles. The lowest BCUT2D eigenvalue weighted by atomic mass is 9.94. The minimum absolute atomic E-state index is 0.00511. The Bertz CT molecular complexity index is 1420. The van der Waals surface area contributed by atoms with E-state index in [4.69, 9.17) is 28.0 Å². The first-order valence-electron chi connectivity index (χ1n) is 14.8. The zero-order chi connectivity index (χ0) is 33.5. The number of carbonyl (C=O) groups excluding carboxylic acids is 4. The second kappa shape index (κ2) is 14.2. The summed E-state index contributed by atoms with van der Waals surface area (Å²) >= 11 is 0. The van der Waals surface area contributed by atoms with Crippen LogP contribution in [0.2, 0.25) is 0 Å². The average Bonchev–Trinajstić information content (AvgIpc) is 3.70. The van der Waals surface area contributed by atoms with Crippen molar-refractivity contribution in [1.82, 2.24) is 10.3 Å². The number of rotatable bonds is 13. The van der Waals surface area contributed by atoms with E-state index >= 15 is 0 Å². The number of esters is 4. The van der Waals surface area contributed by atoms with Crippen LogP contribution in [0, 0.1) is 11.8 Å². The Hall–Kier alpha value is -5.28. The lowest BCUT2D eigenvalue weighted by molar-refractivity contribution is -0.231. The van der Waals surface area contributed by atoms with Gasteiger partial charge in [-0.05, 0) is 11.8 Å². The van der Waals surface area contributed by atoms with Gasteiger partial charge in [-0.1, -0.05) is 76.2 Å². The third kappa shape index (κ3) is 7.33. The molecule has 0 saturated carbocycles. The van der Waals surface area contributed by atoms with Gasteiger partial charge in [0.15, 0.2) is 11.6 Å². The van der Waals surface area contributed by atoms with Crippen molar-refractivity contribution in [1.29, 1.82) is 0 Å². The zero-order valence-electron chi connectivity index (χ0n) is 26.3. The molecular formula is C30H36N6O10. The van der Waals surface area contributed by atoms with E-state index in [1.807, 2.05) is 26.0 Å². The van der Waals surface area contributed by atoms with Gasteiger partial charge in [0.2, 0.25) is 0 Å². The molecule has 2 unspecified atom stereocenters. The van der Waals surface area contributed by atoms with Gasteiger partial charge < -0.3 is 28.0 Å². The molecule has 0 aromatic carbocycles. The van der Waals surface area contributed by atoms with Gasteiger partial charge in [0.25, 0.3) is 23.0 Å². The highest BCUT2D eigenvalue weighted by molar-refractivity contribution is 6.63. The van der Waals surface area contributed by atoms with Crippen molar-refractivity contribution >= 4 is 59.1 Å². The van der Waals surface area contributed by atoms with Gasteiger partial charge >= 0.3 is 23.9 Å². The van der Waals surface area contributed by atoms with Gasteiger partial charge in [0.05, 0.1) is 11.1 Å². The van der Waals surface area contributed by atoms with E-state index in [0.29, 0.717) is 36.8 Å². The Kier molecular flexibility index (Phi) is 10.4. The standard InChI is InChI=1S/C30H36N6O10/c1-7-29(8-2)43-25(37)21(26(38)44-29)31-33-23-19(15-41-35-23)13-11-17(5)18(6)12-14-20-16-42-36-24(20)34-32-22-27(39)45-30(9-3,10-4)46-28(22)40/h11-18H,7-10H2,1-6H3,(H,33,35)(H,34,36)/b13-11-,14-12-. The fourth-order valence-corrected chi connectivity index (χ4v) is 4.31. The topological polar surface area (TPSA) is 206 Å². The molecule has 2 fully saturated rings. The van der Waals surface area contributed by atoms with Gasteiger partial charge in [-0.25, -0.2) is 19.2 Å². The third-order valence-electron chi connectivity index (χ3n) is 7.77. The quantitative estimate of drug-likeness (QED) is 0.229. The first kappa shape index (κ1) is 33.6. The zero-order valence-corrected chi connectivity index (χ0v) is 26.3. The van der Waals surface area contributed by atoms with Crippen molar-refractivity contribution in [3.63, 3.8) is 0 Å². The molecule has 2 aromatic heterocycles. The lowest BCUT2D eigenvalue weighted by Gasteiger charge is -2.34. The fraction of sp³-hybridized carbons (Fsp3) is 0.467. The number of nitrogens with one attached hydrogen (secondary N) is 2. The first-order chi connectivity index (χ1) is 22.0. The molecule has 46 heavy (non-hydrogen) atoms. The molecule has 2 aliphatic heterocycles. The van der Waals surface area contributed by atoms with Crippen LogP contribution in [0.25, 0.3) is 12.2 Å². The molecule has 0 spiro atoms. The van der Waals surface area contributed by atoms with Crippen LogP contribution in [0.3, 0.4) is 0 Å². The normalized spacial score (nSPS) is 18.9. The van der Waals surface area contributed by atoms with Gasteiger partial charge in [-0.2, -0.15) is 10.2 Å². The van der Waals surface area contributed by atoms with E-state index in [0.717, 1.165) is 0 Å². The maximum Gasteiger partial charge on any atom is 0.369 e. The van der Waals surface area contributed by atoms with Crippen molar-refractivity contribution in [2.24, 2.45) is 22.0 Å². The van der Waals surface area contributed by atoms with Crippen molar-refractivity contribution < 1.29 is 47.2 Å². The molecule has 2 atom stereocenters. The molecule has 4 rings (SSSR count). The predicted molar refractivity (Wildman–Crippen MR) is 163 cm³/mol. The molecular weight excluding hydrogens is 604 g/mol. The Morgan fingerprint density at radius 1 is 0.652 bits per heavy atom. The smallest absolute Gasteiger partial charge is 0.369 e. The number of anilines is 2. The van der Waals surface area contributed by atoms with Gasteiger partial charge in [-0.15, -0.1) is 0 Å². The highest BCUT2D eigenvalue weighted by Gasteiger charge is 2.46. The number of hydrogen-bond acceptors (Lipinski definition) is 16. The van der Waals surface area contributed by atoms with Gasteiger partial charge in [0, 0.05) is 25.7 Å². The Balaban J connectivity index is 1.36. The maximum absolute atomic E-state index is 12.4. The second-order valence-corrected chi connectivity index (χ2v) is 10.6. The monoisotopic (exact) mass is 640 g/mol. The minimum atomic E-state index is -1.30. The summed E-state index contributed by atoms with van der Waals surface area (Å²) in [6.45, 7) is 11.0. The van der Waals surface area contributed by atoms with Crippen LogP contribution in [0.5, 0.6) is 0 Å². The Morgan fingerprint density at radius 3 is 1.28 bits per heavy atom. The summed E-state index contributed by atoms with van der Waals surface area (Å²) in [7, 11) is 0. The molecule has 0 amide bonds. The molecule has 2 N–H and O–H groups in total. The number of hydrogen-bond donors (Lipinski definition) is 2. The molecule has 2 aromatic rings. The Labute approximate surface area is 264 Å². The average molecular weight is 641 g/mol. The Morgan fingerprint density at radius 2 is 0.978 bits per heavy atom. The molecule has 0 radical (unpaired) electrons. The molecule has 0 bridgehead atoms. The van der Waals surface area contributed by atoms with Crippen LogP contribution in [0.4, 0.5) is 11.6 Å². The van der Waals surface area contributed by atoms with Crippen LogP contribution >= 0.6 is 0 Å². The molecule has 246 valence electrons. The van der Waals surface area contributed by atoms with Crippen molar-refractivity contribution in [3.05, 3.63) is 35.8 Å². The molecule has 16 heteroatoms. The number of hydrazone groups is 2. The van der Waals surface area contributed by atoms with Gasteiger partial charge in [-0.3, -0.25) is 10.9 Å². The van der Waals surface area contributed by atoms with Crippen LogP contribution < -0.4 is 10.9 Å².